The molecule has 0 radical (unpaired) electrons. The predicted octanol–water partition coefficient (Wildman–Crippen LogP) is 5.76. The highest BCUT2D eigenvalue weighted by molar-refractivity contribution is 5.89. The van der Waals surface area contributed by atoms with Gasteiger partial charge in [-0.3, -0.25) is 4.79 Å². The summed E-state index contributed by atoms with van der Waals surface area (Å²) in [6.07, 6.45) is 16.4. The zero-order valence-electron chi connectivity index (χ0n) is 21.6. The average molecular weight is 468 g/mol. The van der Waals surface area contributed by atoms with Crippen molar-refractivity contribution in [2.75, 3.05) is 6.61 Å². The summed E-state index contributed by atoms with van der Waals surface area (Å²) in [6, 6.07) is 0. The number of ether oxygens (including phenoxy) is 2. The molecule has 1 amide bonds. The van der Waals surface area contributed by atoms with Crippen LogP contribution in [0, 0.1) is 0 Å². The third kappa shape index (κ3) is 13.6. The van der Waals surface area contributed by atoms with Crippen LogP contribution < -0.4 is 5.73 Å². The number of aliphatic hydroxyl groups excluding tert-OH is 1. The van der Waals surface area contributed by atoms with Crippen molar-refractivity contribution in [2.45, 2.75) is 129 Å². The number of carbonyl (C=O) groups excluding carboxylic acids is 2. The number of unbranched alkanes of at least 4 members (excludes halogenated alkanes) is 9. The molecule has 6 nitrogen and oxygen atoms in total. The van der Waals surface area contributed by atoms with E-state index in [0.717, 1.165) is 32.1 Å². The second-order valence-electron chi connectivity index (χ2n) is 9.11. The number of hydrogen-bond donors (Lipinski definition) is 2. The lowest BCUT2D eigenvalue weighted by Gasteiger charge is -2.37. The van der Waals surface area contributed by atoms with Gasteiger partial charge in [-0.1, -0.05) is 71.1 Å². The average Bonchev–Trinajstić information content (AvgIpc) is 2.76. The van der Waals surface area contributed by atoms with Gasteiger partial charge in [-0.25, -0.2) is 4.79 Å². The molecular weight excluding hydrogens is 418 g/mol. The van der Waals surface area contributed by atoms with Crippen LogP contribution in [-0.4, -0.2) is 41.4 Å². The van der Waals surface area contributed by atoms with E-state index in [0.29, 0.717) is 6.42 Å². The number of rotatable bonds is 21. The third-order valence-electron chi connectivity index (χ3n) is 5.87. The maximum atomic E-state index is 12.4. The fraction of sp³-hybridized carbons (Fsp3) is 0.778. The third-order valence-corrected chi connectivity index (χ3v) is 5.87. The number of esters is 1. The number of nitrogens with two attached hydrogens (primary N) is 1. The van der Waals surface area contributed by atoms with Crippen LogP contribution in [0.25, 0.3) is 0 Å². The number of amides is 1. The first kappa shape index (κ1) is 31.3. The molecule has 3 N–H and O–H groups in total. The van der Waals surface area contributed by atoms with Crippen LogP contribution in [0.4, 0.5) is 0 Å². The highest BCUT2D eigenvalue weighted by Gasteiger charge is 2.46. The van der Waals surface area contributed by atoms with E-state index in [1.54, 1.807) is 20.8 Å². The van der Waals surface area contributed by atoms with Crippen molar-refractivity contribution in [1.29, 1.82) is 0 Å². The van der Waals surface area contributed by atoms with Gasteiger partial charge in [0.25, 0.3) is 5.91 Å². The normalized spacial score (nSPS) is 15.2. The summed E-state index contributed by atoms with van der Waals surface area (Å²) >= 11 is 0. The monoisotopic (exact) mass is 467 g/mol. The molecule has 0 aromatic rings. The minimum atomic E-state index is -1.47. The van der Waals surface area contributed by atoms with E-state index in [4.69, 9.17) is 15.2 Å². The molecule has 0 fully saturated rings. The summed E-state index contributed by atoms with van der Waals surface area (Å²) in [5.41, 5.74) is 4.47. The maximum absolute atomic E-state index is 12.4. The van der Waals surface area contributed by atoms with Crippen molar-refractivity contribution >= 4 is 11.9 Å². The van der Waals surface area contributed by atoms with E-state index >= 15 is 0 Å². The van der Waals surface area contributed by atoms with Crippen LogP contribution in [0.2, 0.25) is 0 Å². The standard InChI is InChI=1S/C27H49NO5/c1-6-8-9-10-11-12-13-14-15-16-17-18-19-20-24(33-25(30)22(3)4)27(7-2,26(28)31)32-21-23(5)29/h14-15,23-24,29H,3,6-13,16-21H2,1-2,4-5H3,(H2,28,31)/b15-14-. The molecule has 33 heavy (non-hydrogen) atoms. The number of allylic oxidation sites excluding steroid dienone is 2. The van der Waals surface area contributed by atoms with Crippen molar-refractivity contribution in [3.8, 4) is 0 Å². The van der Waals surface area contributed by atoms with Crippen molar-refractivity contribution in [1.82, 2.24) is 0 Å². The van der Waals surface area contributed by atoms with Gasteiger partial charge in [-0.2, -0.15) is 0 Å². The molecule has 0 heterocycles. The van der Waals surface area contributed by atoms with Gasteiger partial charge >= 0.3 is 5.97 Å². The van der Waals surface area contributed by atoms with Crippen molar-refractivity contribution < 1.29 is 24.2 Å². The lowest BCUT2D eigenvalue weighted by molar-refractivity contribution is -0.184. The van der Waals surface area contributed by atoms with E-state index in [2.05, 4.69) is 25.7 Å². The van der Waals surface area contributed by atoms with Gasteiger partial charge in [0.15, 0.2) is 5.60 Å². The highest BCUT2D eigenvalue weighted by atomic mass is 16.6. The van der Waals surface area contributed by atoms with Crippen LogP contribution in [0.15, 0.2) is 24.3 Å². The van der Waals surface area contributed by atoms with Gasteiger partial charge in [0.2, 0.25) is 0 Å². The quantitative estimate of drug-likeness (QED) is 0.0967. The fourth-order valence-corrected chi connectivity index (χ4v) is 3.76. The topological polar surface area (TPSA) is 98.8 Å². The molecule has 3 atom stereocenters. The molecule has 0 aliphatic carbocycles. The van der Waals surface area contributed by atoms with Crippen molar-refractivity contribution in [2.24, 2.45) is 5.73 Å². The Morgan fingerprint density at radius 1 is 1.00 bits per heavy atom. The first-order valence-electron chi connectivity index (χ1n) is 12.8. The molecule has 0 aromatic carbocycles. The Balaban J connectivity index is 4.65. The number of primary amides is 1. The zero-order valence-corrected chi connectivity index (χ0v) is 21.6. The molecule has 0 saturated heterocycles. The minimum absolute atomic E-state index is 0.0682. The van der Waals surface area contributed by atoms with Gasteiger partial charge in [0.1, 0.15) is 6.10 Å². The van der Waals surface area contributed by atoms with Crippen LogP contribution in [-0.2, 0) is 19.1 Å². The Morgan fingerprint density at radius 2 is 1.55 bits per heavy atom. The molecular formula is C27H49NO5. The van der Waals surface area contributed by atoms with Gasteiger partial charge in [0, 0.05) is 5.57 Å². The molecule has 0 spiro atoms. The SMILES string of the molecule is C=C(C)C(=O)OC(CCCCC/C=C\CCCCCCCC)C(CC)(OCC(C)O)C(N)=O. The molecule has 0 rings (SSSR count). The molecule has 0 aliphatic heterocycles. The summed E-state index contributed by atoms with van der Waals surface area (Å²) < 4.78 is 11.4. The van der Waals surface area contributed by atoms with Crippen LogP contribution in [0.3, 0.4) is 0 Å². The van der Waals surface area contributed by atoms with Crippen molar-refractivity contribution in [3.63, 3.8) is 0 Å². The van der Waals surface area contributed by atoms with Crippen LogP contribution in [0.5, 0.6) is 0 Å². The highest BCUT2D eigenvalue weighted by Crippen LogP contribution is 2.29. The van der Waals surface area contributed by atoms with Crippen LogP contribution >= 0.6 is 0 Å². The van der Waals surface area contributed by atoms with E-state index < -0.39 is 29.7 Å². The molecule has 0 aliphatic rings. The Kier molecular flexibility index (Phi) is 17.8. The predicted molar refractivity (Wildman–Crippen MR) is 135 cm³/mol. The summed E-state index contributed by atoms with van der Waals surface area (Å²) in [5, 5.41) is 9.64. The molecule has 192 valence electrons. The zero-order chi connectivity index (χ0) is 25.1. The number of carbonyl (C=O) groups is 2. The smallest absolute Gasteiger partial charge is 0.333 e. The maximum Gasteiger partial charge on any atom is 0.333 e. The van der Waals surface area contributed by atoms with Gasteiger partial charge < -0.3 is 20.3 Å². The Bertz CT molecular complexity index is 587. The fourth-order valence-electron chi connectivity index (χ4n) is 3.76. The van der Waals surface area contributed by atoms with E-state index in [9.17, 15) is 14.7 Å². The summed E-state index contributed by atoms with van der Waals surface area (Å²) in [4.78, 5) is 24.6. The molecule has 0 aromatic heterocycles. The van der Waals surface area contributed by atoms with Crippen molar-refractivity contribution in [3.05, 3.63) is 24.3 Å². The lowest BCUT2D eigenvalue weighted by Crippen LogP contribution is -2.57. The summed E-state index contributed by atoms with van der Waals surface area (Å²) in [6.45, 7) is 10.7. The van der Waals surface area contributed by atoms with E-state index in [1.165, 1.54) is 38.5 Å². The minimum Gasteiger partial charge on any atom is -0.455 e. The molecule has 3 unspecified atom stereocenters. The Hall–Kier alpha value is -1.66. The second kappa shape index (κ2) is 18.7. The Morgan fingerprint density at radius 3 is 2.03 bits per heavy atom. The van der Waals surface area contributed by atoms with E-state index in [-0.39, 0.29) is 18.6 Å². The largest absolute Gasteiger partial charge is 0.455 e. The first-order chi connectivity index (χ1) is 15.7. The number of aliphatic hydroxyl groups is 1. The van der Waals surface area contributed by atoms with E-state index in [1.807, 2.05) is 0 Å². The molecule has 0 saturated carbocycles. The van der Waals surface area contributed by atoms with Crippen LogP contribution in [0.1, 0.15) is 111 Å². The summed E-state index contributed by atoms with van der Waals surface area (Å²) in [7, 11) is 0. The first-order valence-corrected chi connectivity index (χ1v) is 12.8. The lowest BCUT2D eigenvalue weighted by atomic mass is 9.88. The summed E-state index contributed by atoms with van der Waals surface area (Å²) in [5.74, 6) is -1.26. The second-order valence-corrected chi connectivity index (χ2v) is 9.11. The Labute approximate surface area is 202 Å². The van der Waals surface area contributed by atoms with Gasteiger partial charge in [-0.15, -0.1) is 0 Å². The van der Waals surface area contributed by atoms with Gasteiger partial charge in [0.05, 0.1) is 12.7 Å². The molecule has 0 bridgehead atoms. The van der Waals surface area contributed by atoms with Gasteiger partial charge in [-0.05, 0) is 58.8 Å². The molecule has 6 heteroatoms. The number of hydrogen-bond acceptors (Lipinski definition) is 5.